The zero-order valence-corrected chi connectivity index (χ0v) is 14.8. The fourth-order valence-electron chi connectivity index (χ4n) is 2.55. The molecular formula is C19H18N2O6. The molecule has 0 aliphatic carbocycles. The van der Waals surface area contributed by atoms with Crippen molar-refractivity contribution in [3.8, 4) is 17.2 Å². The van der Waals surface area contributed by atoms with Crippen molar-refractivity contribution in [1.29, 1.82) is 0 Å². The van der Waals surface area contributed by atoms with Gasteiger partial charge >= 0.3 is 0 Å². The van der Waals surface area contributed by atoms with E-state index in [1.165, 1.54) is 19.9 Å². The molecule has 0 saturated heterocycles. The molecule has 1 aliphatic heterocycles. The SMILES string of the molecule is CC(=O)Nc1ccccc1OCC(=O)Nc1cc2c(cc1C(C)=O)OCO2. The number of Topliss-reactive ketones (excluding diaryl/α,β-unsaturated/α-hetero) is 1. The average molecular weight is 370 g/mol. The summed E-state index contributed by atoms with van der Waals surface area (Å²) in [5.74, 6) is 0.336. The fourth-order valence-corrected chi connectivity index (χ4v) is 2.55. The summed E-state index contributed by atoms with van der Waals surface area (Å²) in [6.45, 7) is 2.54. The normalized spacial score (nSPS) is 11.6. The number of fused-ring (bicyclic) bond motifs is 1. The molecule has 2 N–H and O–H groups in total. The molecule has 0 saturated carbocycles. The minimum absolute atomic E-state index is 0.0626. The van der Waals surface area contributed by atoms with Crippen LogP contribution in [0.15, 0.2) is 36.4 Å². The van der Waals surface area contributed by atoms with Crippen molar-refractivity contribution in [2.75, 3.05) is 24.0 Å². The molecule has 8 nitrogen and oxygen atoms in total. The van der Waals surface area contributed by atoms with Gasteiger partial charge in [0.15, 0.2) is 23.9 Å². The molecule has 2 amide bonds. The summed E-state index contributed by atoms with van der Waals surface area (Å²) < 4.78 is 16.0. The number of rotatable bonds is 6. The van der Waals surface area contributed by atoms with Crippen LogP contribution in [0.1, 0.15) is 24.2 Å². The van der Waals surface area contributed by atoms with Gasteiger partial charge in [0.05, 0.1) is 11.4 Å². The highest BCUT2D eigenvalue weighted by molar-refractivity contribution is 6.05. The highest BCUT2D eigenvalue weighted by Gasteiger charge is 2.20. The lowest BCUT2D eigenvalue weighted by Crippen LogP contribution is -2.22. The van der Waals surface area contributed by atoms with Gasteiger partial charge in [-0.1, -0.05) is 12.1 Å². The zero-order chi connectivity index (χ0) is 19.4. The van der Waals surface area contributed by atoms with Gasteiger partial charge in [-0.25, -0.2) is 0 Å². The van der Waals surface area contributed by atoms with Crippen LogP contribution in [0, 0.1) is 0 Å². The number of benzene rings is 2. The van der Waals surface area contributed by atoms with E-state index in [4.69, 9.17) is 14.2 Å². The van der Waals surface area contributed by atoms with Crippen LogP contribution >= 0.6 is 0 Å². The minimum Gasteiger partial charge on any atom is -0.482 e. The Kier molecular flexibility index (Phi) is 5.25. The molecule has 1 aliphatic rings. The third-order valence-corrected chi connectivity index (χ3v) is 3.72. The fraction of sp³-hybridized carbons (Fsp3) is 0.211. The molecule has 0 atom stereocenters. The number of ether oxygens (including phenoxy) is 3. The van der Waals surface area contributed by atoms with Crippen LogP contribution in [0.2, 0.25) is 0 Å². The molecule has 2 aromatic carbocycles. The van der Waals surface area contributed by atoms with Crippen LogP contribution in [0.25, 0.3) is 0 Å². The van der Waals surface area contributed by atoms with Gasteiger partial charge in [0.25, 0.3) is 5.91 Å². The number of amides is 2. The first-order valence-electron chi connectivity index (χ1n) is 8.18. The molecule has 0 radical (unpaired) electrons. The quantitative estimate of drug-likeness (QED) is 0.758. The molecule has 27 heavy (non-hydrogen) atoms. The lowest BCUT2D eigenvalue weighted by atomic mass is 10.1. The standard InChI is InChI=1S/C19H18N2O6/c1-11(22)13-7-17-18(27-10-26-17)8-15(13)21-19(24)9-25-16-6-4-3-5-14(16)20-12(2)23/h3-8H,9-10H2,1-2H3,(H,20,23)(H,21,24). The second-order valence-electron chi connectivity index (χ2n) is 5.82. The monoisotopic (exact) mass is 370 g/mol. The molecule has 0 aromatic heterocycles. The highest BCUT2D eigenvalue weighted by atomic mass is 16.7. The van der Waals surface area contributed by atoms with E-state index in [9.17, 15) is 14.4 Å². The topological polar surface area (TPSA) is 103 Å². The summed E-state index contributed by atoms with van der Waals surface area (Å²) in [5.41, 5.74) is 1.09. The molecule has 8 heteroatoms. The Morgan fingerprint density at radius 3 is 2.41 bits per heavy atom. The van der Waals surface area contributed by atoms with Crippen molar-refractivity contribution in [1.82, 2.24) is 0 Å². The van der Waals surface area contributed by atoms with Gasteiger partial charge in [0.1, 0.15) is 5.75 Å². The average Bonchev–Trinajstić information content (AvgIpc) is 3.07. The van der Waals surface area contributed by atoms with Gasteiger partial charge in [-0.3, -0.25) is 14.4 Å². The van der Waals surface area contributed by atoms with Crippen LogP contribution < -0.4 is 24.8 Å². The lowest BCUT2D eigenvalue weighted by Gasteiger charge is -2.13. The predicted molar refractivity (Wildman–Crippen MR) is 97.4 cm³/mol. The highest BCUT2D eigenvalue weighted by Crippen LogP contribution is 2.37. The molecule has 3 rings (SSSR count). The van der Waals surface area contributed by atoms with Gasteiger partial charge < -0.3 is 24.8 Å². The molecule has 2 aromatic rings. The Morgan fingerprint density at radius 2 is 1.70 bits per heavy atom. The van der Waals surface area contributed by atoms with Gasteiger partial charge in [-0.05, 0) is 25.1 Å². The van der Waals surface area contributed by atoms with Crippen LogP contribution in [-0.4, -0.2) is 31.0 Å². The predicted octanol–water partition coefficient (Wildman–Crippen LogP) is 2.59. The summed E-state index contributed by atoms with van der Waals surface area (Å²) in [5, 5.41) is 5.27. The van der Waals surface area contributed by atoms with Gasteiger partial charge in [-0.2, -0.15) is 0 Å². The molecule has 0 fully saturated rings. The summed E-state index contributed by atoms with van der Waals surface area (Å²) in [4.78, 5) is 35.4. The van der Waals surface area contributed by atoms with E-state index in [1.807, 2.05) is 0 Å². The van der Waals surface area contributed by atoms with E-state index in [0.29, 0.717) is 34.2 Å². The number of carbonyl (C=O) groups is 3. The van der Waals surface area contributed by atoms with Crippen molar-refractivity contribution in [3.63, 3.8) is 0 Å². The number of hydrogen-bond acceptors (Lipinski definition) is 6. The van der Waals surface area contributed by atoms with Crippen LogP contribution in [0.3, 0.4) is 0 Å². The summed E-state index contributed by atoms with van der Waals surface area (Å²) in [6.07, 6.45) is 0. The molecular weight excluding hydrogens is 352 g/mol. The van der Waals surface area contributed by atoms with E-state index >= 15 is 0 Å². The van der Waals surface area contributed by atoms with Crippen molar-refractivity contribution in [2.45, 2.75) is 13.8 Å². The third kappa shape index (κ3) is 4.35. The Hall–Kier alpha value is -3.55. The van der Waals surface area contributed by atoms with E-state index in [-0.39, 0.29) is 25.1 Å². The first-order chi connectivity index (χ1) is 12.9. The Labute approximate surface area is 155 Å². The minimum atomic E-state index is -0.464. The summed E-state index contributed by atoms with van der Waals surface area (Å²) in [6, 6.07) is 9.85. The van der Waals surface area contributed by atoms with Crippen molar-refractivity contribution in [3.05, 3.63) is 42.0 Å². The third-order valence-electron chi connectivity index (χ3n) is 3.72. The first kappa shape index (κ1) is 18.2. The number of hydrogen-bond donors (Lipinski definition) is 2. The van der Waals surface area contributed by atoms with Crippen LogP contribution in [0.5, 0.6) is 17.2 Å². The maximum atomic E-state index is 12.3. The Bertz CT molecular complexity index is 909. The summed E-state index contributed by atoms with van der Waals surface area (Å²) >= 11 is 0. The maximum Gasteiger partial charge on any atom is 0.262 e. The molecule has 140 valence electrons. The zero-order valence-electron chi connectivity index (χ0n) is 14.8. The van der Waals surface area contributed by atoms with Gasteiger partial charge in [-0.15, -0.1) is 0 Å². The number of carbonyl (C=O) groups excluding carboxylic acids is 3. The largest absolute Gasteiger partial charge is 0.482 e. The van der Waals surface area contributed by atoms with E-state index in [0.717, 1.165) is 0 Å². The Morgan fingerprint density at radius 1 is 1.00 bits per heavy atom. The maximum absolute atomic E-state index is 12.3. The second kappa shape index (κ2) is 7.77. The summed E-state index contributed by atoms with van der Waals surface area (Å²) in [7, 11) is 0. The molecule has 0 bridgehead atoms. The van der Waals surface area contributed by atoms with Crippen LogP contribution in [0.4, 0.5) is 11.4 Å². The molecule has 1 heterocycles. The first-order valence-corrected chi connectivity index (χ1v) is 8.18. The number of anilines is 2. The number of ketones is 1. The lowest BCUT2D eigenvalue weighted by molar-refractivity contribution is -0.118. The van der Waals surface area contributed by atoms with E-state index in [2.05, 4.69) is 10.6 Å². The van der Waals surface area contributed by atoms with Crippen molar-refractivity contribution < 1.29 is 28.6 Å². The van der Waals surface area contributed by atoms with Crippen molar-refractivity contribution in [2.24, 2.45) is 0 Å². The second-order valence-corrected chi connectivity index (χ2v) is 5.82. The van der Waals surface area contributed by atoms with Crippen molar-refractivity contribution >= 4 is 29.0 Å². The van der Waals surface area contributed by atoms with E-state index < -0.39 is 5.91 Å². The number of nitrogens with one attached hydrogen (secondary N) is 2. The van der Waals surface area contributed by atoms with E-state index in [1.54, 1.807) is 30.3 Å². The number of para-hydroxylation sites is 2. The molecule has 0 unspecified atom stereocenters. The van der Waals surface area contributed by atoms with Crippen LogP contribution in [-0.2, 0) is 9.59 Å². The smallest absolute Gasteiger partial charge is 0.262 e. The van der Waals surface area contributed by atoms with Gasteiger partial charge in [0, 0.05) is 18.6 Å². The molecule has 0 spiro atoms. The Balaban J connectivity index is 1.70. The van der Waals surface area contributed by atoms with Gasteiger partial charge in [0.2, 0.25) is 12.7 Å².